The zero-order valence-corrected chi connectivity index (χ0v) is 15.9. The lowest BCUT2D eigenvalue weighted by Gasteiger charge is -2.10. The van der Waals surface area contributed by atoms with Crippen molar-refractivity contribution >= 4 is 17.8 Å². The van der Waals surface area contributed by atoms with Gasteiger partial charge in [-0.1, -0.05) is 35.9 Å². The van der Waals surface area contributed by atoms with Gasteiger partial charge in [-0.2, -0.15) is 0 Å². The Morgan fingerprint density at radius 2 is 1.83 bits per heavy atom. The van der Waals surface area contributed by atoms with Gasteiger partial charge in [0.25, 0.3) is 0 Å². The van der Waals surface area contributed by atoms with E-state index in [9.17, 15) is 14.0 Å². The lowest BCUT2D eigenvalue weighted by Crippen LogP contribution is -2.09. The van der Waals surface area contributed by atoms with Crippen molar-refractivity contribution < 1.29 is 23.5 Å². The van der Waals surface area contributed by atoms with Gasteiger partial charge in [-0.25, -0.2) is 9.18 Å². The van der Waals surface area contributed by atoms with Crippen molar-refractivity contribution in [2.75, 3.05) is 0 Å². The molecule has 144 valence electrons. The second kappa shape index (κ2) is 7.36. The summed E-state index contributed by atoms with van der Waals surface area (Å²) in [5, 5.41) is 0. The first-order valence-electron chi connectivity index (χ1n) is 9.05. The molecule has 0 spiro atoms. The Morgan fingerprint density at radius 1 is 1.03 bits per heavy atom. The highest BCUT2D eigenvalue weighted by Gasteiger charge is 2.30. The van der Waals surface area contributed by atoms with Gasteiger partial charge in [-0.3, -0.25) is 4.79 Å². The van der Waals surface area contributed by atoms with Gasteiger partial charge in [-0.05, 0) is 50.3 Å². The number of Topliss-reactive ketones (excluding diaryl/α,β-unsaturated/α-hetero) is 1. The minimum Gasteiger partial charge on any atom is -0.452 e. The van der Waals surface area contributed by atoms with Gasteiger partial charge in [0.05, 0.1) is 11.1 Å². The van der Waals surface area contributed by atoms with E-state index in [0.717, 1.165) is 5.56 Å². The summed E-state index contributed by atoms with van der Waals surface area (Å²) < 4.78 is 25.1. The molecule has 0 atom stereocenters. The summed E-state index contributed by atoms with van der Waals surface area (Å²) >= 11 is 0. The van der Waals surface area contributed by atoms with E-state index in [1.807, 2.05) is 13.0 Å². The number of carbonyl (C=O) groups is 2. The van der Waals surface area contributed by atoms with Crippen LogP contribution in [-0.2, 0) is 0 Å². The average Bonchev–Trinajstić information content (AvgIpc) is 3.02. The van der Waals surface area contributed by atoms with Gasteiger partial charge >= 0.3 is 5.97 Å². The maximum atomic E-state index is 13.9. The molecule has 4 nitrogen and oxygen atoms in total. The topological polar surface area (TPSA) is 52.6 Å². The maximum Gasteiger partial charge on any atom is 0.343 e. The van der Waals surface area contributed by atoms with Crippen LogP contribution in [0.4, 0.5) is 4.39 Å². The molecule has 0 unspecified atom stereocenters. The van der Waals surface area contributed by atoms with Crippen LogP contribution in [0.3, 0.4) is 0 Å². The lowest BCUT2D eigenvalue weighted by atomic mass is 10.1. The molecular formula is C24H17FO4. The van der Waals surface area contributed by atoms with E-state index in [4.69, 9.17) is 9.47 Å². The summed E-state index contributed by atoms with van der Waals surface area (Å²) in [6.07, 6.45) is 1.37. The summed E-state index contributed by atoms with van der Waals surface area (Å²) in [7, 11) is 0. The van der Waals surface area contributed by atoms with Gasteiger partial charge in [-0.15, -0.1) is 0 Å². The molecule has 1 heterocycles. The second-order valence-corrected chi connectivity index (χ2v) is 6.79. The summed E-state index contributed by atoms with van der Waals surface area (Å²) in [4.78, 5) is 25.1. The largest absolute Gasteiger partial charge is 0.452 e. The number of halogens is 1. The van der Waals surface area contributed by atoms with E-state index in [2.05, 4.69) is 0 Å². The number of allylic oxidation sites excluding steroid dienone is 1. The van der Waals surface area contributed by atoms with Crippen molar-refractivity contribution in [3.05, 3.63) is 100 Å². The minimum atomic E-state index is -0.497. The van der Waals surface area contributed by atoms with E-state index < -0.39 is 11.8 Å². The van der Waals surface area contributed by atoms with Gasteiger partial charge < -0.3 is 9.47 Å². The second-order valence-electron chi connectivity index (χ2n) is 6.79. The fourth-order valence-electron chi connectivity index (χ4n) is 3.14. The maximum absolute atomic E-state index is 13.9. The van der Waals surface area contributed by atoms with Crippen LogP contribution in [0.2, 0.25) is 0 Å². The van der Waals surface area contributed by atoms with E-state index >= 15 is 0 Å². The van der Waals surface area contributed by atoms with E-state index in [-0.39, 0.29) is 17.1 Å². The molecule has 0 saturated heterocycles. The van der Waals surface area contributed by atoms with E-state index in [0.29, 0.717) is 28.2 Å². The highest BCUT2D eigenvalue weighted by Crippen LogP contribution is 2.39. The highest BCUT2D eigenvalue weighted by atomic mass is 19.1. The summed E-state index contributed by atoms with van der Waals surface area (Å²) in [5.41, 5.74) is 2.51. The summed E-state index contributed by atoms with van der Waals surface area (Å²) in [6.45, 7) is 3.59. The minimum absolute atomic E-state index is 0.0235. The molecule has 3 aromatic carbocycles. The highest BCUT2D eigenvalue weighted by molar-refractivity contribution is 6.15. The molecule has 29 heavy (non-hydrogen) atoms. The van der Waals surface area contributed by atoms with E-state index in [1.165, 1.54) is 12.1 Å². The number of esters is 1. The standard InChI is InChI=1S/C24H17FO4/c1-14-6-5-8-17(12-14)24(27)29-20-11-10-18-22(26)21(28-23(18)15(20)2)13-16-7-3-4-9-19(16)25/h3-13H,1-2H3/b21-13-. The third-order valence-electron chi connectivity index (χ3n) is 4.68. The van der Waals surface area contributed by atoms with Crippen molar-refractivity contribution in [1.29, 1.82) is 0 Å². The zero-order valence-electron chi connectivity index (χ0n) is 15.9. The summed E-state index contributed by atoms with van der Waals surface area (Å²) in [6, 6.07) is 16.3. The monoisotopic (exact) mass is 388 g/mol. The van der Waals surface area contributed by atoms with Crippen LogP contribution in [-0.4, -0.2) is 11.8 Å². The van der Waals surface area contributed by atoms with Crippen molar-refractivity contribution in [1.82, 2.24) is 0 Å². The number of hydrogen-bond acceptors (Lipinski definition) is 4. The molecule has 5 heteroatoms. The third kappa shape index (κ3) is 3.55. The number of fused-ring (bicyclic) bond motifs is 1. The first-order chi connectivity index (χ1) is 13.9. The van der Waals surface area contributed by atoms with Gasteiger partial charge in [0.2, 0.25) is 5.78 Å². The quantitative estimate of drug-likeness (QED) is 0.348. The fourth-order valence-corrected chi connectivity index (χ4v) is 3.14. The first-order valence-corrected chi connectivity index (χ1v) is 9.05. The predicted octanol–water partition coefficient (Wildman–Crippen LogP) is 5.28. The number of ketones is 1. The number of benzene rings is 3. The number of aryl methyl sites for hydroxylation is 1. The van der Waals surface area contributed by atoms with Crippen LogP contribution in [0, 0.1) is 19.7 Å². The average molecular weight is 388 g/mol. The number of carbonyl (C=O) groups excluding carboxylic acids is 2. The molecule has 0 amide bonds. The smallest absolute Gasteiger partial charge is 0.343 e. The summed E-state index contributed by atoms with van der Waals surface area (Å²) in [5.74, 6) is -0.652. The van der Waals surface area contributed by atoms with Crippen molar-refractivity contribution in [2.24, 2.45) is 0 Å². The molecule has 0 radical (unpaired) electrons. The Labute approximate surface area is 167 Å². The SMILES string of the molecule is Cc1cccc(C(=O)Oc2ccc3c(c2C)O/C(=C\c2ccccc2F)C3=O)c1. The zero-order chi connectivity index (χ0) is 20.5. The molecule has 1 aliphatic rings. The van der Waals surface area contributed by atoms with Gasteiger partial charge in [0.1, 0.15) is 17.3 Å². The Kier molecular flexibility index (Phi) is 4.72. The lowest BCUT2D eigenvalue weighted by molar-refractivity contribution is 0.0733. The molecule has 0 saturated carbocycles. The van der Waals surface area contributed by atoms with Crippen LogP contribution in [0.25, 0.3) is 6.08 Å². The third-order valence-corrected chi connectivity index (χ3v) is 4.68. The van der Waals surface area contributed by atoms with Gasteiger partial charge in [0.15, 0.2) is 5.76 Å². The van der Waals surface area contributed by atoms with E-state index in [1.54, 1.807) is 55.5 Å². The number of hydrogen-bond donors (Lipinski definition) is 0. The molecule has 0 fully saturated rings. The van der Waals surface area contributed by atoms with Gasteiger partial charge in [0, 0.05) is 11.1 Å². The molecule has 0 N–H and O–H groups in total. The molecule has 1 aliphatic heterocycles. The Bertz CT molecular complexity index is 1180. The Hall–Kier alpha value is -3.73. The first kappa shape index (κ1) is 18.6. The fraction of sp³-hybridized carbons (Fsp3) is 0.0833. The number of ether oxygens (including phenoxy) is 2. The molecule has 3 aromatic rings. The Balaban J connectivity index is 1.63. The van der Waals surface area contributed by atoms with Crippen LogP contribution in [0.5, 0.6) is 11.5 Å². The van der Waals surface area contributed by atoms with Crippen molar-refractivity contribution in [3.63, 3.8) is 0 Å². The van der Waals surface area contributed by atoms with Crippen LogP contribution in [0.15, 0.2) is 66.4 Å². The number of rotatable bonds is 3. The predicted molar refractivity (Wildman–Crippen MR) is 107 cm³/mol. The van der Waals surface area contributed by atoms with Crippen LogP contribution >= 0.6 is 0 Å². The van der Waals surface area contributed by atoms with Crippen molar-refractivity contribution in [3.8, 4) is 11.5 Å². The molecule has 0 aliphatic carbocycles. The molecular weight excluding hydrogens is 371 g/mol. The van der Waals surface area contributed by atoms with Crippen LogP contribution < -0.4 is 9.47 Å². The van der Waals surface area contributed by atoms with Crippen molar-refractivity contribution in [2.45, 2.75) is 13.8 Å². The molecule has 4 rings (SSSR count). The van der Waals surface area contributed by atoms with Crippen LogP contribution in [0.1, 0.15) is 37.4 Å². The Morgan fingerprint density at radius 3 is 2.59 bits per heavy atom. The molecule has 0 aromatic heterocycles. The molecule has 0 bridgehead atoms. The normalized spacial score (nSPS) is 13.9.